The summed E-state index contributed by atoms with van der Waals surface area (Å²) in [5, 5.41) is 6.07. The number of β-lactam (4-membered cyclic amide) rings is 1. The Labute approximate surface area is 247 Å². The first-order chi connectivity index (χ1) is 19.3. The van der Waals surface area contributed by atoms with Gasteiger partial charge in [-0.15, -0.1) is 11.8 Å². The standard InChI is InChI=1S/C26H21Cl2N5O5S2/c1-37-32-17(16-21(28)40-26(29)31-16)22(34)30-18-23(35)33-19(15(27)12-39-24(18)33)25(36)38-20(13-8-4-2-5-9-13)14-10-6-3-7-11-14/h2-11,18,20,24H,12H2,1H3,(H2,29,31)(H,30,34)/t18-,24+/m1/s1. The van der Waals surface area contributed by atoms with E-state index in [2.05, 4.69) is 15.5 Å². The summed E-state index contributed by atoms with van der Waals surface area (Å²) < 4.78 is 6.09. The number of hydrogen-bond donors (Lipinski definition) is 2. The van der Waals surface area contributed by atoms with Crippen LogP contribution in [0.4, 0.5) is 5.13 Å². The first-order valence-corrected chi connectivity index (χ1v) is 14.4. The van der Waals surface area contributed by atoms with E-state index in [9.17, 15) is 14.4 Å². The van der Waals surface area contributed by atoms with Crippen LogP contribution >= 0.6 is 46.3 Å². The topological polar surface area (TPSA) is 136 Å². The summed E-state index contributed by atoms with van der Waals surface area (Å²) in [5.41, 5.74) is 6.94. The highest BCUT2D eigenvalue weighted by Gasteiger charge is 2.55. The van der Waals surface area contributed by atoms with Crippen molar-refractivity contribution in [3.05, 3.63) is 92.6 Å². The van der Waals surface area contributed by atoms with Crippen molar-refractivity contribution < 1.29 is 24.0 Å². The molecule has 3 N–H and O–H groups in total. The Balaban J connectivity index is 1.35. The van der Waals surface area contributed by atoms with Crippen LogP contribution in [0.3, 0.4) is 0 Å². The number of oxime groups is 1. The number of hydrogen-bond acceptors (Lipinski definition) is 10. The number of nitrogens with one attached hydrogen (secondary N) is 1. The molecule has 3 heterocycles. The highest BCUT2D eigenvalue weighted by atomic mass is 35.5. The third-order valence-electron chi connectivity index (χ3n) is 6.06. The van der Waals surface area contributed by atoms with Gasteiger partial charge in [0, 0.05) is 5.75 Å². The fourth-order valence-corrected chi connectivity index (χ4v) is 6.75. The van der Waals surface area contributed by atoms with E-state index in [1.165, 1.54) is 23.8 Å². The smallest absolute Gasteiger partial charge is 0.357 e. The van der Waals surface area contributed by atoms with Crippen molar-refractivity contribution in [3.63, 3.8) is 0 Å². The molecule has 2 aromatic carbocycles. The van der Waals surface area contributed by atoms with Crippen LogP contribution in [0.25, 0.3) is 0 Å². The SMILES string of the molecule is CON=C(C(=O)N[C@@H]1C(=O)N2C(C(=O)OC(c3ccccc3)c3ccccc3)=C(Cl)CS[C@@H]12)c1nc(N)sc1Cl. The number of thioether (sulfide) groups is 1. The lowest BCUT2D eigenvalue weighted by atomic mass is 10.0. The first kappa shape index (κ1) is 28.0. The highest BCUT2D eigenvalue weighted by molar-refractivity contribution is 8.00. The van der Waals surface area contributed by atoms with Crippen molar-refractivity contribution in [2.75, 3.05) is 18.6 Å². The van der Waals surface area contributed by atoms with E-state index in [0.29, 0.717) is 0 Å². The number of halogens is 2. The minimum absolute atomic E-state index is 0.0310. The fourth-order valence-electron chi connectivity index (χ4n) is 4.28. The molecule has 0 aliphatic carbocycles. The molecule has 1 aromatic heterocycles. The van der Waals surface area contributed by atoms with Gasteiger partial charge in [0.1, 0.15) is 34.3 Å². The van der Waals surface area contributed by atoms with E-state index in [-0.39, 0.29) is 37.4 Å². The van der Waals surface area contributed by atoms with E-state index in [4.69, 9.17) is 38.5 Å². The number of benzene rings is 2. The van der Waals surface area contributed by atoms with Gasteiger partial charge in [0.15, 0.2) is 16.9 Å². The number of thiazole rings is 1. The molecule has 5 rings (SSSR count). The number of anilines is 1. The van der Waals surface area contributed by atoms with E-state index in [0.717, 1.165) is 22.5 Å². The number of fused-ring (bicyclic) bond motifs is 1. The zero-order valence-corrected chi connectivity index (χ0v) is 23.9. The summed E-state index contributed by atoms with van der Waals surface area (Å²) in [4.78, 5) is 50.0. The van der Waals surface area contributed by atoms with Gasteiger partial charge in [-0.05, 0) is 11.1 Å². The van der Waals surface area contributed by atoms with Crippen molar-refractivity contribution in [3.8, 4) is 0 Å². The third-order valence-corrected chi connectivity index (χ3v) is 8.89. The number of carbonyl (C=O) groups is 3. The fraction of sp³-hybridized carbons (Fsp3) is 0.192. The summed E-state index contributed by atoms with van der Waals surface area (Å²) >= 11 is 14.9. The molecule has 3 aromatic rings. The summed E-state index contributed by atoms with van der Waals surface area (Å²) in [7, 11) is 1.26. The predicted molar refractivity (Wildman–Crippen MR) is 154 cm³/mol. The Bertz CT molecular complexity index is 1480. The second-order valence-corrected chi connectivity index (χ2v) is 11.7. The van der Waals surface area contributed by atoms with Crippen LogP contribution < -0.4 is 11.1 Å². The number of amides is 2. The lowest BCUT2D eigenvalue weighted by Gasteiger charge is -2.49. The molecule has 0 bridgehead atoms. The second kappa shape index (κ2) is 11.9. The Hall–Kier alpha value is -3.58. The lowest BCUT2D eigenvalue weighted by Crippen LogP contribution is -2.71. The Morgan fingerprint density at radius 3 is 2.30 bits per heavy atom. The number of esters is 1. The van der Waals surface area contributed by atoms with Gasteiger partial charge in [-0.25, -0.2) is 9.78 Å². The molecule has 206 valence electrons. The monoisotopic (exact) mass is 617 g/mol. The summed E-state index contributed by atoms with van der Waals surface area (Å²) in [5.74, 6) is -1.79. The van der Waals surface area contributed by atoms with Gasteiger partial charge in [-0.3, -0.25) is 14.5 Å². The van der Waals surface area contributed by atoms with Crippen LogP contribution in [0.2, 0.25) is 4.34 Å². The maximum atomic E-state index is 13.5. The molecule has 0 spiro atoms. The molecule has 2 amide bonds. The van der Waals surface area contributed by atoms with E-state index < -0.39 is 35.3 Å². The Morgan fingerprint density at radius 2 is 1.75 bits per heavy atom. The van der Waals surface area contributed by atoms with Crippen molar-refractivity contribution in [1.29, 1.82) is 0 Å². The molecule has 0 radical (unpaired) electrons. The molecule has 2 atom stereocenters. The van der Waals surface area contributed by atoms with Gasteiger partial charge in [0.25, 0.3) is 11.8 Å². The minimum Gasteiger partial charge on any atom is -0.448 e. The molecule has 2 aliphatic rings. The van der Waals surface area contributed by atoms with Crippen LogP contribution in [0.15, 0.2) is 76.5 Å². The van der Waals surface area contributed by atoms with Crippen LogP contribution in [0.1, 0.15) is 22.9 Å². The summed E-state index contributed by atoms with van der Waals surface area (Å²) in [6.07, 6.45) is -0.727. The molecule has 1 fully saturated rings. The molecule has 40 heavy (non-hydrogen) atoms. The average Bonchev–Trinajstić information content (AvgIpc) is 3.30. The zero-order valence-electron chi connectivity index (χ0n) is 20.7. The van der Waals surface area contributed by atoms with Gasteiger partial charge in [0.05, 0.1) is 5.03 Å². The summed E-state index contributed by atoms with van der Waals surface area (Å²) in [6, 6.07) is 17.5. The number of aromatic nitrogens is 1. The number of nitrogens with two attached hydrogens (primary N) is 1. The Kier molecular flexibility index (Phi) is 8.31. The van der Waals surface area contributed by atoms with Crippen molar-refractivity contribution in [1.82, 2.24) is 15.2 Å². The maximum absolute atomic E-state index is 13.5. The van der Waals surface area contributed by atoms with Crippen LogP contribution in [0, 0.1) is 0 Å². The minimum atomic E-state index is -0.971. The van der Waals surface area contributed by atoms with Crippen molar-refractivity contribution in [2.45, 2.75) is 17.5 Å². The van der Waals surface area contributed by atoms with E-state index >= 15 is 0 Å². The number of nitrogen functional groups attached to an aromatic ring is 1. The van der Waals surface area contributed by atoms with E-state index in [1.54, 1.807) is 0 Å². The van der Waals surface area contributed by atoms with E-state index in [1.807, 2.05) is 60.7 Å². The first-order valence-electron chi connectivity index (χ1n) is 11.8. The molecule has 0 saturated carbocycles. The van der Waals surface area contributed by atoms with Crippen molar-refractivity contribution >= 4 is 74.9 Å². The maximum Gasteiger partial charge on any atom is 0.357 e. The summed E-state index contributed by atoms with van der Waals surface area (Å²) in [6.45, 7) is 0. The van der Waals surface area contributed by atoms with Crippen LogP contribution in [-0.2, 0) is 24.0 Å². The van der Waals surface area contributed by atoms with Gasteiger partial charge in [-0.2, -0.15) is 0 Å². The predicted octanol–water partition coefficient (Wildman–Crippen LogP) is 3.91. The molecular weight excluding hydrogens is 597 g/mol. The molecular formula is C26H21Cl2N5O5S2. The number of nitrogens with zero attached hydrogens (tertiary/aromatic N) is 3. The highest BCUT2D eigenvalue weighted by Crippen LogP contribution is 2.42. The van der Waals surface area contributed by atoms with Gasteiger partial charge >= 0.3 is 5.97 Å². The molecule has 1 saturated heterocycles. The number of rotatable bonds is 8. The van der Waals surface area contributed by atoms with Crippen molar-refractivity contribution in [2.24, 2.45) is 5.16 Å². The molecule has 14 heteroatoms. The average molecular weight is 619 g/mol. The van der Waals surface area contributed by atoms with Gasteiger partial charge in [-0.1, -0.05) is 100 Å². The van der Waals surface area contributed by atoms with Crippen LogP contribution in [-0.4, -0.2) is 57.7 Å². The lowest BCUT2D eigenvalue weighted by molar-refractivity contribution is -0.154. The second-order valence-electron chi connectivity index (χ2n) is 8.52. The number of carbonyl (C=O) groups excluding carboxylic acids is 3. The van der Waals surface area contributed by atoms with Crippen LogP contribution in [0.5, 0.6) is 0 Å². The molecule has 0 unspecified atom stereocenters. The third kappa shape index (κ3) is 5.39. The van der Waals surface area contributed by atoms with Gasteiger partial charge in [0.2, 0.25) is 0 Å². The molecule has 2 aliphatic heterocycles. The Morgan fingerprint density at radius 1 is 1.12 bits per heavy atom. The quantitative estimate of drug-likeness (QED) is 0.168. The molecule has 10 nitrogen and oxygen atoms in total. The normalized spacial score (nSPS) is 18.8. The van der Waals surface area contributed by atoms with Gasteiger partial charge < -0.3 is 20.6 Å². The number of ether oxygens (including phenoxy) is 1. The zero-order chi connectivity index (χ0) is 28.4. The largest absolute Gasteiger partial charge is 0.448 e.